The standard InChI is InChI=1S/C14H22N4O3S/c1-4-22(19,20)18-6-5-14(9-18)10-21-8-11-7-15-13(17(2)3)16-12(11)14/h7H,4-6,8-10H2,1-3H3. The van der Waals surface area contributed by atoms with E-state index in [2.05, 4.69) is 4.98 Å². The number of fused-ring (bicyclic) bond motifs is 2. The first-order chi connectivity index (χ1) is 10.4. The van der Waals surface area contributed by atoms with Gasteiger partial charge in [-0.15, -0.1) is 0 Å². The van der Waals surface area contributed by atoms with E-state index in [4.69, 9.17) is 9.72 Å². The predicted octanol–water partition coefficient (Wildman–Crippen LogP) is 0.366. The number of nitrogens with zero attached hydrogens (tertiary/aromatic N) is 4. The van der Waals surface area contributed by atoms with E-state index in [1.165, 1.54) is 0 Å². The lowest BCUT2D eigenvalue weighted by Gasteiger charge is -2.34. The van der Waals surface area contributed by atoms with Gasteiger partial charge in [0.25, 0.3) is 0 Å². The highest BCUT2D eigenvalue weighted by Crippen LogP contribution is 2.40. The second-order valence-electron chi connectivity index (χ2n) is 6.20. The van der Waals surface area contributed by atoms with Crippen molar-refractivity contribution in [2.75, 3.05) is 44.4 Å². The van der Waals surface area contributed by atoms with Crippen LogP contribution >= 0.6 is 0 Å². The number of hydrogen-bond acceptors (Lipinski definition) is 6. The van der Waals surface area contributed by atoms with E-state index >= 15 is 0 Å². The minimum Gasteiger partial charge on any atom is -0.376 e. The first-order valence-electron chi connectivity index (χ1n) is 7.47. The number of rotatable bonds is 3. The van der Waals surface area contributed by atoms with E-state index in [-0.39, 0.29) is 11.2 Å². The molecule has 0 aliphatic carbocycles. The quantitative estimate of drug-likeness (QED) is 0.799. The van der Waals surface area contributed by atoms with Crippen molar-refractivity contribution in [1.82, 2.24) is 14.3 Å². The number of hydrogen-bond donors (Lipinski definition) is 0. The second-order valence-corrected chi connectivity index (χ2v) is 8.45. The topological polar surface area (TPSA) is 75.6 Å². The fourth-order valence-corrected chi connectivity index (χ4v) is 4.35. The van der Waals surface area contributed by atoms with Crippen LogP contribution in [0.5, 0.6) is 0 Å². The van der Waals surface area contributed by atoms with Crippen LogP contribution in [-0.2, 0) is 26.8 Å². The zero-order valence-electron chi connectivity index (χ0n) is 13.2. The largest absolute Gasteiger partial charge is 0.376 e. The van der Waals surface area contributed by atoms with Gasteiger partial charge in [-0.25, -0.2) is 22.7 Å². The highest BCUT2D eigenvalue weighted by Gasteiger charge is 2.47. The summed E-state index contributed by atoms with van der Waals surface area (Å²) >= 11 is 0. The average Bonchev–Trinajstić information content (AvgIpc) is 2.93. The molecule has 1 unspecified atom stereocenters. The molecule has 3 heterocycles. The van der Waals surface area contributed by atoms with E-state index in [9.17, 15) is 8.42 Å². The van der Waals surface area contributed by atoms with Crippen molar-refractivity contribution in [3.8, 4) is 0 Å². The van der Waals surface area contributed by atoms with Gasteiger partial charge >= 0.3 is 0 Å². The Morgan fingerprint density at radius 1 is 1.45 bits per heavy atom. The molecular weight excluding hydrogens is 304 g/mol. The van der Waals surface area contributed by atoms with Crippen molar-refractivity contribution in [1.29, 1.82) is 0 Å². The molecule has 1 fully saturated rings. The summed E-state index contributed by atoms with van der Waals surface area (Å²) in [5, 5.41) is 0. The average molecular weight is 326 g/mol. The van der Waals surface area contributed by atoms with Gasteiger partial charge in [-0.2, -0.15) is 0 Å². The zero-order valence-corrected chi connectivity index (χ0v) is 14.1. The van der Waals surface area contributed by atoms with Gasteiger partial charge in [-0.05, 0) is 13.3 Å². The molecule has 122 valence electrons. The van der Waals surface area contributed by atoms with Crippen LogP contribution in [0.4, 0.5) is 5.95 Å². The molecule has 0 N–H and O–H groups in total. The summed E-state index contributed by atoms with van der Waals surface area (Å²) in [7, 11) is 0.620. The zero-order chi connectivity index (χ0) is 16.0. The van der Waals surface area contributed by atoms with E-state index < -0.39 is 10.0 Å². The summed E-state index contributed by atoms with van der Waals surface area (Å²) < 4.78 is 31.6. The van der Waals surface area contributed by atoms with Gasteiger partial charge in [0.05, 0.1) is 30.1 Å². The van der Waals surface area contributed by atoms with Crippen LogP contribution in [0.1, 0.15) is 24.6 Å². The van der Waals surface area contributed by atoms with E-state index in [0.29, 0.717) is 32.3 Å². The Morgan fingerprint density at radius 2 is 2.23 bits per heavy atom. The minimum absolute atomic E-state index is 0.128. The van der Waals surface area contributed by atoms with Crippen LogP contribution in [0.3, 0.4) is 0 Å². The fourth-order valence-electron chi connectivity index (χ4n) is 3.17. The molecule has 1 spiro atoms. The minimum atomic E-state index is -3.18. The van der Waals surface area contributed by atoms with Gasteiger partial charge in [0.2, 0.25) is 16.0 Å². The first kappa shape index (κ1) is 15.6. The van der Waals surface area contributed by atoms with Gasteiger partial charge in [-0.3, -0.25) is 0 Å². The second kappa shape index (κ2) is 5.43. The van der Waals surface area contributed by atoms with Crippen LogP contribution in [0.2, 0.25) is 0 Å². The van der Waals surface area contributed by atoms with Gasteiger partial charge in [0.15, 0.2) is 0 Å². The molecule has 8 heteroatoms. The molecule has 0 radical (unpaired) electrons. The number of aromatic nitrogens is 2. The Labute approximate surface area is 131 Å². The van der Waals surface area contributed by atoms with Crippen molar-refractivity contribution >= 4 is 16.0 Å². The van der Waals surface area contributed by atoms with E-state index in [1.807, 2.05) is 19.0 Å². The van der Waals surface area contributed by atoms with Crippen molar-refractivity contribution < 1.29 is 13.2 Å². The van der Waals surface area contributed by atoms with Crippen molar-refractivity contribution in [2.45, 2.75) is 25.4 Å². The molecule has 2 aliphatic heterocycles. The molecule has 1 aromatic rings. The highest BCUT2D eigenvalue weighted by atomic mass is 32.2. The summed E-state index contributed by atoms with van der Waals surface area (Å²) in [4.78, 5) is 10.9. The molecule has 0 aromatic carbocycles. The van der Waals surface area contributed by atoms with Crippen molar-refractivity contribution in [3.63, 3.8) is 0 Å². The molecule has 22 heavy (non-hydrogen) atoms. The molecule has 1 aromatic heterocycles. The van der Waals surface area contributed by atoms with E-state index in [0.717, 1.165) is 17.7 Å². The fraction of sp³-hybridized carbons (Fsp3) is 0.714. The Balaban J connectivity index is 1.99. The lowest BCUT2D eigenvalue weighted by Crippen LogP contribution is -2.42. The summed E-state index contributed by atoms with van der Waals surface area (Å²) in [6.07, 6.45) is 2.54. The molecule has 3 rings (SSSR count). The lowest BCUT2D eigenvalue weighted by atomic mass is 9.81. The summed E-state index contributed by atoms with van der Waals surface area (Å²) in [6, 6.07) is 0. The third kappa shape index (κ3) is 2.49. The molecule has 1 atom stereocenters. The maximum atomic E-state index is 12.2. The van der Waals surface area contributed by atoms with Crippen LogP contribution in [0.25, 0.3) is 0 Å². The van der Waals surface area contributed by atoms with Gasteiger partial charge in [0.1, 0.15) is 0 Å². The van der Waals surface area contributed by atoms with Crippen molar-refractivity contribution in [2.24, 2.45) is 0 Å². The molecular formula is C14H22N4O3S. The van der Waals surface area contributed by atoms with Crippen LogP contribution in [0, 0.1) is 0 Å². The highest BCUT2D eigenvalue weighted by molar-refractivity contribution is 7.89. The van der Waals surface area contributed by atoms with Crippen LogP contribution in [-0.4, -0.2) is 62.2 Å². The summed E-state index contributed by atoms with van der Waals surface area (Å²) in [6.45, 7) is 3.66. The first-order valence-corrected chi connectivity index (χ1v) is 9.08. The van der Waals surface area contributed by atoms with Gasteiger partial charge < -0.3 is 9.64 Å². The van der Waals surface area contributed by atoms with E-state index in [1.54, 1.807) is 17.4 Å². The summed E-state index contributed by atoms with van der Waals surface area (Å²) in [5.41, 5.74) is 1.57. The van der Waals surface area contributed by atoms with Gasteiger partial charge in [-0.1, -0.05) is 0 Å². The molecule has 2 aliphatic rings. The third-order valence-electron chi connectivity index (χ3n) is 4.47. The molecule has 1 saturated heterocycles. The Morgan fingerprint density at radius 3 is 2.91 bits per heavy atom. The van der Waals surface area contributed by atoms with Crippen LogP contribution < -0.4 is 4.90 Å². The maximum Gasteiger partial charge on any atom is 0.225 e. The predicted molar refractivity (Wildman–Crippen MR) is 83.3 cm³/mol. The Kier molecular flexibility index (Phi) is 3.86. The SMILES string of the molecule is CCS(=O)(=O)N1CCC2(COCc3cnc(N(C)C)nc32)C1. The van der Waals surface area contributed by atoms with Crippen LogP contribution in [0.15, 0.2) is 6.20 Å². The Bertz CT molecular complexity index is 677. The third-order valence-corrected chi connectivity index (χ3v) is 6.30. The van der Waals surface area contributed by atoms with Gasteiger partial charge in [0, 0.05) is 38.9 Å². The molecule has 0 bridgehead atoms. The number of sulfonamides is 1. The number of anilines is 1. The monoisotopic (exact) mass is 326 g/mol. The normalized spacial score (nSPS) is 25.4. The molecule has 7 nitrogen and oxygen atoms in total. The molecule has 0 amide bonds. The Hall–Kier alpha value is -1.25. The summed E-state index contributed by atoms with van der Waals surface area (Å²) in [5.74, 6) is 0.778. The number of ether oxygens (including phenoxy) is 1. The maximum absolute atomic E-state index is 12.2. The van der Waals surface area contributed by atoms with Crippen molar-refractivity contribution in [3.05, 3.63) is 17.5 Å². The smallest absolute Gasteiger partial charge is 0.225 e. The molecule has 0 saturated carbocycles. The lowest BCUT2D eigenvalue weighted by molar-refractivity contribution is 0.0531.